The lowest BCUT2D eigenvalue weighted by atomic mass is 10.1. The average Bonchev–Trinajstić information content (AvgIpc) is 2.30. The molecule has 0 aromatic heterocycles. The number of rotatable bonds is 3. The van der Waals surface area contributed by atoms with Crippen molar-refractivity contribution < 1.29 is 8.42 Å². The van der Waals surface area contributed by atoms with E-state index in [0.29, 0.717) is 6.54 Å². The van der Waals surface area contributed by atoms with E-state index in [1.54, 1.807) is 4.31 Å². The second kappa shape index (κ2) is 6.07. The van der Waals surface area contributed by atoms with Gasteiger partial charge in [-0.3, -0.25) is 4.90 Å². The minimum absolute atomic E-state index is 0.0487. The van der Waals surface area contributed by atoms with Crippen LogP contribution in [0.15, 0.2) is 24.3 Å². The Morgan fingerprint density at radius 2 is 1.89 bits per heavy atom. The SMILES string of the molecule is C[C@H]1CN(Cc2ccc(I)cc2)CCN1S(C)(=O)=O. The summed E-state index contributed by atoms with van der Waals surface area (Å²) in [5.41, 5.74) is 1.28. The molecule has 106 valence electrons. The van der Waals surface area contributed by atoms with Gasteiger partial charge in [0.2, 0.25) is 10.0 Å². The van der Waals surface area contributed by atoms with Gasteiger partial charge >= 0.3 is 0 Å². The van der Waals surface area contributed by atoms with Crippen LogP contribution < -0.4 is 0 Å². The second-order valence-electron chi connectivity index (χ2n) is 5.08. The maximum atomic E-state index is 11.6. The first kappa shape index (κ1) is 15.2. The zero-order chi connectivity index (χ0) is 14.0. The molecule has 1 fully saturated rings. The van der Waals surface area contributed by atoms with Gasteiger partial charge in [-0.25, -0.2) is 8.42 Å². The van der Waals surface area contributed by atoms with Gasteiger partial charge in [0.15, 0.2) is 0 Å². The van der Waals surface area contributed by atoms with Crippen LogP contribution in [-0.2, 0) is 16.6 Å². The minimum Gasteiger partial charge on any atom is -0.296 e. The second-order valence-corrected chi connectivity index (χ2v) is 8.27. The van der Waals surface area contributed by atoms with Crippen LogP contribution >= 0.6 is 22.6 Å². The molecular formula is C13H19IN2O2S. The summed E-state index contributed by atoms with van der Waals surface area (Å²) in [6.07, 6.45) is 1.29. The third-order valence-corrected chi connectivity index (χ3v) is 5.51. The van der Waals surface area contributed by atoms with Gasteiger partial charge in [0.25, 0.3) is 0 Å². The zero-order valence-electron chi connectivity index (χ0n) is 11.2. The predicted molar refractivity (Wildman–Crippen MR) is 85.4 cm³/mol. The molecule has 6 heteroatoms. The van der Waals surface area contributed by atoms with Gasteiger partial charge in [-0.05, 0) is 47.2 Å². The van der Waals surface area contributed by atoms with Gasteiger partial charge in [0.05, 0.1) is 6.26 Å². The van der Waals surface area contributed by atoms with Crippen molar-refractivity contribution in [3.8, 4) is 0 Å². The molecule has 1 atom stereocenters. The molecule has 2 rings (SSSR count). The fraction of sp³-hybridized carbons (Fsp3) is 0.538. The lowest BCUT2D eigenvalue weighted by Crippen LogP contribution is -2.53. The Morgan fingerprint density at radius 3 is 2.42 bits per heavy atom. The Kier molecular flexibility index (Phi) is 4.86. The molecule has 0 N–H and O–H groups in total. The summed E-state index contributed by atoms with van der Waals surface area (Å²) in [5.74, 6) is 0. The summed E-state index contributed by atoms with van der Waals surface area (Å²) in [4.78, 5) is 2.31. The third kappa shape index (κ3) is 4.14. The molecular weight excluding hydrogens is 375 g/mol. The third-order valence-electron chi connectivity index (χ3n) is 3.40. The number of hydrogen-bond donors (Lipinski definition) is 0. The van der Waals surface area contributed by atoms with Gasteiger partial charge in [-0.1, -0.05) is 12.1 Å². The zero-order valence-corrected chi connectivity index (χ0v) is 14.2. The standard InChI is InChI=1S/C13H19IN2O2S/c1-11-9-15(7-8-16(11)19(2,17)18)10-12-3-5-13(14)6-4-12/h3-6,11H,7-10H2,1-2H3/t11-/m0/s1. The van der Waals surface area contributed by atoms with E-state index >= 15 is 0 Å². The van der Waals surface area contributed by atoms with E-state index in [-0.39, 0.29) is 6.04 Å². The van der Waals surface area contributed by atoms with Crippen LogP contribution in [0, 0.1) is 3.57 Å². The monoisotopic (exact) mass is 394 g/mol. The summed E-state index contributed by atoms with van der Waals surface area (Å²) in [6, 6.07) is 8.52. The van der Waals surface area contributed by atoms with Crippen molar-refractivity contribution in [3.63, 3.8) is 0 Å². The molecule has 1 aromatic carbocycles. The summed E-state index contributed by atoms with van der Waals surface area (Å²) >= 11 is 2.29. The van der Waals surface area contributed by atoms with E-state index in [1.165, 1.54) is 15.4 Å². The molecule has 1 saturated heterocycles. The lowest BCUT2D eigenvalue weighted by molar-refractivity contribution is 0.138. The highest BCUT2D eigenvalue weighted by molar-refractivity contribution is 14.1. The highest BCUT2D eigenvalue weighted by Crippen LogP contribution is 2.16. The molecule has 0 unspecified atom stereocenters. The van der Waals surface area contributed by atoms with Crippen LogP contribution in [0.5, 0.6) is 0 Å². The van der Waals surface area contributed by atoms with Crippen LogP contribution in [0.1, 0.15) is 12.5 Å². The van der Waals surface area contributed by atoms with Gasteiger partial charge in [0, 0.05) is 35.8 Å². The van der Waals surface area contributed by atoms with Crippen LogP contribution in [0.25, 0.3) is 0 Å². The average molecular weight is 394 g/mol. The Hall–Kier alpha value is -0.180. The van der Waals surface area contributed by atoms with Crippen LogP contribution in [-0.4, -0.2) is 49.6 Å². The molecule has 19 heavy (non-hydrogen) atoms. The molecule has 1 aromatic rings. The Balaban J connectivity index is 1.97. The molecule has 0 saturated carbocycles. The number of hydrogen-bond acceptors (Lipinski definition) is 3. The van der Waals surface area contributed by atoms with Gasteiger partial charge in [0.1, 0.15) is 0 Å². The largest absolute Gasteiger partial charge is 0.296 e. The number of halogens is 1. The normalized spacial score (nSPS) is 22.6. The van der Waals surface area contributed by atoms with E-state index in [0.717, 1.165) is 19.6 Å². The first-order valence-corrected chi connectivity index (χ1v) is 9.22. The number of benzene rings is 1. The molecule has 1 aliphatic rings. The minimum atomic E-state index is -3.07. The Labute approximate surface area is 129 Å². The molecule has 1 heterocycles. The maximum absolute atomic E-state index is 11.6. The van der Waals surface area contributed by atoms with E-state index in [9.17, 15) is 8.42 Å². The summed E-state index contributed by atoms with van der Waals surface area (Å²) < 4.78 is 26.0. The number of sulfonamides is 1. The van der Waals surface area contributed by atoms with E-state index in [2.05, 4.69) is 51.8 Å². The predicted octanol–water partition coefficient (Wildman–Crippen LogP) is 1.76. The van der Waals surface area contributed by atoms with Crippen molar-refractivity contribution in [2.45, 2.75) is 19.5 Å². The Morgan fingerprint density at radius 1 is 1.26 bits per heavy atom. The fourth-order valence-electron chi connectivity index (χ4n) is 2.50. The maximum Gasteiger partial charge on any atom is 0.211 e. The highest BCUT2D eigenvalue weighted by atomic mass is 127. The molecule has 0 spiro atoms. The van der Waals surface area contributed by atoms with Crippen molar-refractivity contribution in [1.29, 1.82) is 0 Å². The summed E-state index contributed by atoms with van der Waals surface area (Å²) in [6.45, 7) is 5.03. The van der Waals surface area contributed by atoms with Gasteiger partial charge in [-0.15, -0.1) is 0 Å². The first-order valence-electron chi connectivity index (χ1n) is 6.30. The quantitative estimate of drug-likeness (QED) is 0.734. The van der Waals surface area contributed by atoms with Gasteiger partial charge < -0.3 is 0 Å². The van der Waals surface area contributed by atoms with Crippen molar-refractivity contribution >= 4 is 32.6 Å². The summed E-state index contributed by atoms with van der Waals surface area (Å²) in [7, 11) is -3.07. The molecule has 0 radical (unpaired) electrons. The molecule has 0 aliphatic carbocycles. The van der Waals surface area contributed by atoms with E-state index in [1.807, 2.05) is 6.92 Å². The highest BCUT2D eigenvalue weighted by Gasteiger charge is 2.29. The lowest BCUT2D eigenvalue weighted by Gasteiger charge is -2.38. The first-order chi connectivity index (χ1) is 8.86. The van der Waals surface area contributed by atoms with Gasteiger partial charge in [-0.2, -0.15) is 4.31 Å². The van der Waals surface area contributed by atoms with Crippen molar-refractivity contribution in [2.24, 2.45) is 0 Å². The molecule has 0 amide bonds. The van der Waals surface area contributed by atoms with Crippen molar-refractivity contribution in [2.75, 3.05) is 25.9 Å². The van der Waals surface area contributed by atoms with Crippen molar-refractivity contribution in [1.82, 2.24) is 9.21 Å². The molecule has 0 bridgehead atoms. The number of nitrogens with zero attached hydrogens (tertiary/aromatic N) is 2. The molecule has 1 aliphatic heterocycles. The van der Waals surface area contributed by atoms with Crippen LogP contribution in [0.4, 0.5) is 0 Å². The Bertz CT molecular complexity index is 530. The topological polar surface area (TPSA) is 40.6 Å². The van der Waals surface area contributed by atoms with E-state index < -0.39 is 10.0 Å². The summed E-state index contributed by atoms with van der Waals surface area (Å²) in [5, 5.41) is 0. The van der Waals surface area contributed by atoms with E-state index in [4.69, 9.17) is 0 Å². The number of piperazine rings is 1. The smallest absolute Gasteiger partial charge is 0.211 e. The molecule has 4 nitrogen and oxygen atoms in total. The van der Waals surface area contributed by atoms with Crippen LogP contribution in [0.3, 0.4) is 0 Å². The fourth-order valence-corrected chi connectivity index (χ4v) is 3.99. The van der Waals surface area contributed by atoms with Crippen molar-refractivity contribution in [3.05, 3.63) is 33.4 Å². The van der Waals surface area contributed by atoms with Crippen LogP contribution in [0.2, 0.25) is 0 Å².